The van der Waals surface area contributed by atoms with Crippen LogP contribution in [-0.2, 0) is 4.79 Å². The molecule has 3 aromatic rings. The first kappa shape index (κ1) is 17.3. The minimum absolute atomic E-state index is 0.0191. The van der Waals surface area contributed by atoms with Crippen LogP contribution in [0, 0.1) is 5.82 Å². The number of amides is 1. The van der Waals surface area contributed by atoms with E-state index in [0.717, 1.165) is 5.56 Å². The molecule has 2 aromatic carbocycles. The average Bonchev–Trinajstić information content (AvgIpc) is 3.01. The summed E-state index contributed by atoms with van der Waals surface area (Å²) in [6, 6.07) is 12.9. The number of aromatic nitrogens is 1. The van der Waals surface area contributed by atoms with E-state index in [0.29, 0.717) is 16.4 Å². The van der Waals surface area contributed by atoms with Gasteiger partial charge in [0, 0.05) is 29.2 Å². The number of carbonyl (C=O) groups is 2. The standard InChI is InChI=1S/C20H14ClFN2O3/c21-12-3-1-2-11(8-12)15-9-17(25)23-18-16(20(26)27)10-24(19(15)18)14-6-4-13(22)5-7-14/h1-8,10,15H,9H2,(H,23,25)(H,26,27)/t15-/m0/s1. The number of hydrogen-bond donors (Lipinski definition) is 2. The van der Waals surface area contributed by atoms with Gasteiger partial charge in [-0.1, -0.05) is 23.7 Å². The molecule has 0 unspecified atom stereocenters. The SMILES string of the molecule is O=C1C[C@@H](c2cccc(Cl)c2)c2c(c(C(=O)O)cn2-c2ccc(F)cc2)N1. The number of carboxylic acids is 1. The monoisotopic (exact) mass is 384 g/mol. The van der Waals surface area contributed by atoms with Crippen LogP contribution >= 0.6 is 11.6 Å². The van der Waals surface area contributed by atoms with Gasteiger partial charge in [0.05, 0.1) is 11.4 Å². The van der Waals surface area contributed by atoms with E-state index in [9.17, 15) is 19.1 Å². The number of carbonyl (C=O) groups excluding carboxylic acids is 1. The summed E-state index contributed by atoms with van der Waals surface area (Å²) in [5.74, 6) is -2.20. The molecule has 0 radical (unpaired) electrons. The molecule has 1 amide bonds. The van der Waals surface area contributed by atoms with Crippen LogP contribution in [0.2, 0.25) is 5.02 Å². The highest BCUT2D eigenvalue weighted by Gasteiger charge is 2.34. The number of fused-ring (bicyclic) bond motifs is 1. The fourth-order valence-electron chi connectivity index (χ4n) is 3.44. The number of anilines is 1. The molecule has 2 N–H and O–H groups in total. The second-order valence-corrected chi connectivity index (χ2v) is 6.75. The van der Waals surface area contributed by atoms with Crippen molar-refractivity contribution >= 4 is 29.2 Å². The summed E-state index contributed by atoms with van der Waals surface area (Å²) in [5, 5.41) is 12.8. The van der Waals surface area contributed by atoms with Crippen molar-refractivity contribution in [3.05, 3.63) is 82.4 Å². The summed E-state index contributed by atoms with van der Waals surface area (Å²) >= 11 is 6.11. The molecule has 1 aromatic heterocycles. The Morgan fingerprint density at radius 3 is 2.63 bits per heavy atom. The number of rotatable bonds is 3. The first-order valence-corrected chi connectivity index (χ1v) is 8.61. The van der Waals surface area contributed by atoms with Gasteiger partial charge in [-0.3, -0.25) is 4.79 Å². The average molecular weight is 385 g/mol. The van der Waals surface area contributed by atoms with Crippen molar-refractivity contribution < 1.29 is 19.1 Å². The van der Waals surface area contributed by atoms with Gasteiger partial charge in [-0.05, 0) is 42.0 Å². The summed E-state index contributed by atoms with van der Waals surface area (Å²) in [4.78, 5) is 24.0. The van der Waals surface area contributed by atoms with E-state index >= 15 is 0 Å². The van der Waals surface area contributed by atoms with Gasteiger partial charge in [0.2, 0.25) is 5.91 Å². The lowest BCUT2D eigenvalue weighted by Gasteiger charge is -2.26. The van der Waals surface area contributed by atoms with Gasteiger partial charge in [-0.25, -0.2) is 9.18 Å². The molecule has 1 aliphatic rings. The zero-order valence-electron chi connectivity index (χ0n) is 13.9. The molecular formula is C20H14ClFN2O3. The summed E-state index contributed by atoms with van der Waals surface area (Å²) in [7, 11) is 0. The Labute approximate surface area is 159 Å². The number of carboxylic acid groups (broad SMARTS) is 1. The van der Waals surface area contributed by atoms with Gasteiger partial charge in [-0.2, -0.15) is 0 Å². The van der Waals surface area contributed by atoms with E-state index in [1.807, 2.05) is 6.07 Å². The quantitative estimate of drug-likeness (QED) is 0.701. The number of aromatic carboxylic acids is 1. The number of nitrogens with one attached hydrogen (secondary N) is 1. The molecule has 1 atom stereocenters. The predicted octanol–water partition coefficient (Wildman–Crippen LogP) is 4.44. The van der Waals surface area contributed by atoms with Gasteiger partial charge in [0.25, 0.3) is 0 Å². The van der Waals surface area contributed by atoms with Gasteiger partial charge >= 0.3 is 5.97 Å². The van der Waals surface area contributed by atoms with Crippen molar-refractivity contribution in [1.29, 1.82) is 0 Å². The van der Waals surface area contributed by atoms with Crippen LogP contribution in [-0.4, -0.2) is 21.6 Å². The number of nitrogens with zero attached hydrogens (tertiary/aromatic N) is 1. The van der Waals surface area contributed by atoms with E-state index in [1.54, 1.807) is 34.9 Å². The van der Waals surface area contributed by atoms with Crippen molar-refractivity contribution in [2.45, 2.75) is 12.3 Å². The van der Waals surface area contributed by atoms with Crippen LogP contribution < -0.4 is 5.32 Å². The molecule has 27 heavy (non-hydrogen) atoms. The van der Waals surface area contributed by atoms with Crippen LogP contribution in [0.25, 0.3) is 5.69 Å². The molecule has 7 heteroatoms. The summed E-state index contributed by atoms with van der Waals surface area (Å²) in [5.41, 5.74) is 2.27. The summed E-state index contributed by atoms with van der Waals surface area (Å²) < 4.78 is 15.0. The van der Waals surface area contributed by atoms with Crippen LogP contribution in [0.1, 0.15) is 34.0 Å². The fraction of sp³-hybridized carbons (Fsp3) is 0.100. The van der Waals surface area contributed by atoms with Gasteiger partial charge < -0.3 is 15.0 Å². The number of halogens is 2. The Balaban J connectivity index is 1.97. The Hall–Kier alpha value is -3.12. The normalized spacial score (nSPS) is 15.9. The van der Waals surface area contributed by atoms with Crippen molar-refractivity contribution in [1.82, 2.24) is 4.57 Å². The fourth-order valence-corrected chi connectivity index (χ4v) is 3.64. The molecule has 0 fully saturated rings. The van der Waals surface area contributed by atoms with Crippen LogP contribution in [0.4, 0.5) is 10.1 Å². The van der Waals surface area contributed by atoms with Gasteiger partial charge in [0.15, 0.2) is 0 Å². The third-order valence-electron chi connectivity index (χ3n) is 4.61. The predicted molar refractivity (Wildman–Crippen MR) is 99.2 cm³/mol. The van der Waals surface area contributed by atoms with Crippen molar-refractivity contribution in [3.63, 3.8) is 0 Å². The second kappa shape index (κ2) is 6.55. The maximum Gasteiger partial charge on any atom is 0.339 e. The molecule has 4 rings (SSSR count). The minimum atomic E-state index is -1.15. The molecule has 1 aliphatic heterocycles. The third-order valence-corrected chi connectivity index (χ3v) is 4.85. The third kappa shape index (κ3) is 3.08. The van der Waals surface area contributed by atoms with Gasteiger partial charge in [-0.15, -0.1) is 0 Å². The van der Waals surface area contributed by atoms with Crippen LogP contribution in [0.15, 0.2) is 54.7 Å². The molecule has 5 nitrogen and oxygen atoms in total. The largest absolute Gasteiger partial charge is 0.478 e. The van der Waals surface area contributed by atoms with Crippen molar-refractivity contribution in [3.8, 4) is 5.69 Å². The zero-order chi connectivity index (χ0) is 19.1. The summed E-state index contributed by atoms with van der Waals surface area (Å²) in [6.45, 7) is 0. The van der Waals surface area contributed by atoms with Crippen molar-refractivity contribution in [2.75, 3.05) is 5.32 Å². The number of benzene rings is 2. The molecule has 0 spiro atoms. The highest BCUT2D eigenvalue weighted by molar-refractivity contribution is 6.30. The van der Waals surface area contributed by atoms with Crippen LogP contribution in [0.5, 0.6) is 0 Å². The van der Waals surface area contributed by atoms with E-state index < -0.39 is 11.8 Å². The zero-order valence-corrected chi connectivity index (χ0v) is 14.7. The Kier molecular flexibility index (Phi) is 4.20. The Morgan fingerprint density at radius 1 is 1.22 bits per heavy atom. The first-order valence-electron chi connectivity index (χ1n) is 8.24. The first-order chi connectivity index (χ1) is 12.9. The molecule has 0 bridgehead atoms. The summed E-state index contributed by atoms with van der Waals surface area (Å²) in [6.07, 6.45) is 1.60. The van der Waals surface area contributed by atoms with Crippen LogP contribution in [0.3, 0.4) is 0 Å². The topological polar surface area (TPSA) is 71.3 Å². The van der Waals surface area contributed by atoms with Gasteiger partial charge in [0.1, 0.15) is 11.4 Å². The highest BCUT2D eigenvalue weighted by Crippen LogP contribution is 2.42. The Morgan fingerprint density at radius 2 is 1.96 bits per heavy atom. The Bertz CT molecular complexity index is 1060. The second-order valence-electron chi connectivity index (χ2n) is 6.31. The molecular weight excluding hydrogens is 371 g/mol. The highest BCUT2D eigenvalue weighted by atomic mass is 35.5. The molecule has 0 saturated heterocycles. The van der Waals surface area contributed by atoms with E-state index in [4.69, 9.17) is 11.6 Å². The smallest absolute Gasteiger partial charge is 0.339 e. The van der Waals surface area contributed by atoms with E-state index in [-0.39, 0.29) is 29.5 Å². The van der Waals surface area contributed by atoms with E-state index in [1.165, 1.54) is 18.3 Å². The maximum atomic E-state index is 13.3. The van der Waals surface area contributed by atoms with Crippen molar-refractivity contribution in [2.24, 2.45) is 0 Å². The maximum absolute atomic E-state index is 13.3. The number of hydrogen-bond acceptors (Lipinski definition) is 2. The molecule has 136 valence electrons. The molecule has 0 aliphatic carbocycles. The van der Waals surface area contributed by atoms with E-state index in [2.05, 4.69) is 5.32 Å². The molecule has 2 heterocycles. The lowest BCUT2D eigenvalue weighted by Crippen LogP contribution is -2.25. The lowest BCUT2D eigenvalue weighted by molar-refractivity contribution is -0.116. The lowest BCUT2D eigenvalue weighted by atomic mass is 9.88. The molecule has 0 saturated carbocycles. The minimum Gasteiger partial charge on any atom is -0.478 e.